The quantitative estimate of drug-likeness (QED) is 0.328. The van der Waals surface area contributed by atoms with Gasteiger partial charge in [0.05, 0.1) is 11.5 Å². The molecular formula is C30H46O3. The Morgan fingerprint density at radius 2 is 1.61 bits per heavy atom. The average Bonchev–Trinajstić information content (AvgIpc) is 3.00. The van der Waals surface area contributed by atoms with E-state index in [1.54, 1.807) is 5.57 Å². The summed E-state index contributed by atoms with van der Waals surface area (Å²) in [6.07, 6.45) is 12.6. The molecule has 3 heteroatoms. The van der Waals surface area contributed by atoms with Crippen LogP contribution in [0.2, 0.25) is 0 Å². The molecule has 2 bridgehead atoms. The summed E-state index contributed by atoms with van der Waals surface area (Å²) in [7, 11) is 0. The van der Waals surface area contributed by atoms with Crippen LogP contribution in [0.1, 0.15) is 106 Å². The van der Waals surface area contributed by atoms with Gasteiger partial charge in [-0.25, -0.2) is 0 Å². The molecule has 5 aliphatic carbocycles. The number of ether oxygens (including phenoxy) is 1. The van der Waals surface area contributed by atoms with E-state index in [1.807, 2.05) is 0 Å². The normalized spacial score (nSPS) is 58.8. The largest absolute Gasteiger partial charge is 0.461 e. The molecule has 0 aromatic rings. The van der Waals surface area contributed by atoms with E-state index >= 15 is 0 Å². The van der Waals surface area contributed by atoms with Gasteiger partial charge < -0.3 is 9.84 Å². The van der Waals surface area contributed by atoms with Crippen molar-refractivity contribution in [1.29, 1.82) is 0 Å². The Labute approximate surface area is 201 Å². The fourth-order valence-electron chi connectivity index (χ4n) is 11.1. The van der Waals surface area contributed by atoms with Crippen LogP contribution in [0.15, 0.2) is 11.6 Å². The number of fused-ring (bicyclic) bond motifs is 10. The molecule has 3 nitrogen and oxygen atoms in total. The number of aliphatic hydroxyl groups excluding tert-OH is 1. The summed E-state index contributed by atoms with van der Waals surface area (Å²) in [4.78, 5) is 12.8. The van der Waals surface area contributed by atoms with Crippen LogP contribution in [0.25, 0.3) is 0 Å². The van der Waals surface area contributed by atoms with Crippen molar-refractivity contribution in [2.24, 2.45) is 50.2 Å². The Morgan fingerprint density at radius 3 is 2.33 bits per heavy atom. The second kappa shape index (κ2) is 6.29. The van der Waals surface area contributed by atoms with Crippen LogP contribution in [0.3, 0.4) is 0 Å². The lowest BCUT2D eigenvalue weighted by Crippen LogP contribution is -2.65. The second-order valence-electron chi connectivity index (χ2n) is 15.1. The highest BCUT2D eigenvalue weighted by Gasteiger charge is 2.70. The highest BCUT2D eigenvalue weighted by molar-refractivity contribution is 5.79. The molecule has 6 rings (SSSR count). The zero-order valence-corrected chi connectivity index (χ0v) is 22.1. The van der Waals surface area contributed by atoms with E-state index in [0.29, 0.717) is 17.8 Å². The number of hydrogen-bond donors (Lipinski definition) is 1. The van der Waals surface area contributed by atoms with Gasteiger partial charge in [0.2, 0.25) is 0 Å². The van der Waals surface area contributed by atoms with Gasteiger partial charge >= 0.3 is 5.97 Å². The van der Waals surface area contributed by atoms with Crippen molar-refractivity contribution >= 4 is 5.97 Å². The molecule has 1 N–H and O–H groups in total. The molecule has 1 heterocycles. The van der Waals surface area contributed by atoms with Crippen molar-refractivity contribution < 1.29 is 14.6 Å². The molecule has 10 atom stereocenters. The minimum atomic E-state index is -0.293. The van der Waals surface area contributed by atoms with Crippen LogP contribution in [0.4, 0.5) is 0 Å². The third-order valence-corrected chi connectivity index (χ3v) is 13.6. The zero-order chi connectivity index (χ0) is 23.8. The highest BCUT2D eigenvalue weighted by Crippen LogP contribution is 2.76. The van der Waals surface area contributed by atoms with E-state index in [0.717, 1.165) is 25.7 Å². The van der Waals surface area contributed by atoms with Crippen LogP contribution in [-0.2, 0) is 9.53 Å². The lowest BCUT2D eigenvalue weighted by atomic mass is 9.33. The number of esters is 1. The average molecular weight is 455 g/mol. The summed E-state index contributed by atoms with van der Waals surface area (Å²) in [5.74, 6) is 1.79. The topological polar surface area (TPSA) is 46.5 Å². The highest BCUT2D eigenvalue weighted by atomic mass is 16.6. The van der Waals surface area contributed by atoms with E-state index in [2.05, 4.69) is 54.5 Å². The first-order valence-electron chi connectivity index (χ1n) is 13.8. The molecule has 1 aliphatic heterocycles. The number of carbonyl (C=O) groups is 1. The van der Waals surface area contributed by atoms with E-state index in [-0.39, 0.29) is 50.7 Å². The number of allylic oxidation sites excluding steroid dienone is 2. The summed E-state index contributed by atoms with van der Waals surface area (Å²) in [6, 6.07) is 0. The monoisotopic (exact) mass is 454 g/mol. The maximum absolute atomic E-state index is 12.8. The molecule has 6 aliphatic rings. The van der Waals surface area contributed by atoms with Gasteiger partial charge in [-0.2, -0.15) is 0 Å². The number of carbonyl (C=O) groups excluding carboxylic acids is 1. The predicted octanol–water partition coefficient (Wildman–Crippen LogP) is 6.68. The van der Waals surface area contributed by atoms with E-state index in [9.17, 15) is 9.90 Å². The fraction of sp³-hybridized carbons (Fsp3) is 0.900. The first-order chi connectivity index (χ1) is 15.2. The van der Waals surface area contributed by atoms with Crippen LogP contribution in [0.5, 0.6) is 0 Å². The van der Waals surface area contributed by atoms with Gasteiger partial charge in [-0.15, -0.1) is 0 Å². The Hall–Kier alpha value is -0.830. The third kappa shape index (κ3) is 2.44. The molecule has 0 unspecified atom stereocenters. The molecule has 4 saturated carbocycles. The lowest BCUT2D eigenvalue weighted by Gasteiger charge is -2.71. The molecular weight excluding hydrogens is 408 g/mol. The van der Waals surface area contributed by atoms with Gasteiger partial charge in [0.25, 0.3) is 0 Å². The van der Waals surface area contributed by atoms with Gasteiger partial charge in [0.15, 0.2) is 0 Å². The number of aliphatic hydroxyl groups is 1. The van der Waals surface area contributed by atoms with E-state index in [4.69, 9.17) is 4.74 Å². The summed E-state index contributed by atoms with van der Waals surface area (Å²) < 4.78 is 6.03. The van der Waals surface area contributed by atoms with Crippen LogP contribution in [0, 0.1) is 50.2 Å². The number of rotatable bonds is 0. The van der Waals surface area contributed by atoms with Gasteiger partial charge in [-0.1, -0.05) is 53.2 Å². The van der Waals surface area contributed by atoms with Crippen LogP contribution in [-0.4, -0.2) is 23.3 Å². The molecule has 184 valence electrons. The van der Waals surface area contributed by atoms with E-state index < -0.39 is 0 Å². The Morgan fingerprint density at radius 1 is 0.879 bits per heavy atom. The van der Waals surface area contributed by atoms with Crippen molar-refractivity contribution in [1.82, 2.24) is 0 Å². The van der Waals surface area contributed by atoms with Gasteiger partial charge in [-0.05, 0) is 97.7 Å². The first-order valence-corrected chi connectivity index (χ1v) is 13.8. The minimum Gasteiger partial charge on any atom is -0.461 e. The Balaban J connectivity index is 1.43. The van der Waals surface area contributed by atoms with Gasteiger partial charge in [0, 0.05) is 11.8 Å². The third-order valence-electron chi connectivity index (χ3n) is 13.6. The van der Waals surface area contributed by atoms with Crippen molar-refractivity contribution in [3.63, 3.8) is 0 Å². The van der Waals surface area contributed by atoms with Crippen molar-refractivity contribution in [2.75, 3.05) is 0 Å². The standard InChI is InChI=1S/C30H46O3/c1-25(2)20-10-13-30(7)21(28(20,5)12-11-22(25)31)9-8-18-19-16-26(3)17-23(33-24(26)32)27(19,4)14-15-29(18,30)6/h8,19-23,31H,9-17H2,1-7H3/t19-,20+,21-,22+,23-,26-,27+,28+,29+,30+/m1/s1. The molecule has 1 saturated heterocycles. The summed E-state index contributed by atoms with van der Waals surface area (Å²) in [5.41, 5.74) is 2.25. The van der Waals surface area contributed by atoms with Crippen molar-refractivity contribution in [2.45, 2.75) is 118 Å². The van der Waals surface area contributed by atoms with Crippen LogP contribution >= 0.6 is 0 Å². The van der Waals surface area contributed by atoms with E-state index in [1.165, 1.54) is 32.1 Å². The maximum atomic E-state index is 12.8. The molecule has 5 fully saturated rings. The maximum Gasteiger partial charge on any atom is 0.312 e. The SMILES string of the molecule is CC1(C)[C@@H](O)CC[C@]2(C)[C@H]3CC=C4[C@H]5C[C@]6(C)C[C@@H](OC6=O)[C@@]5(C)CC[C@]4(C)[C@@]3(C)CC[C@@H]12. The van der Waals surface area contributed by atoms with Crippen molar-refractivity contribution in [3.8, 4) is 0 Å². The van der Waals surface area contributed by atoms with Crippen molar-refractivity contribution in [3.05, 3.63) is 11.6 Å². The molecule has 0 radical (unpaired) electrons. The van der Waals surface area contributed by atoms with Gasteiger partial charge in [-0.3, -0.25) is 4.79 Å². The molecule has 0 aromatic heterocycles. The fourth-order valence-corrected chi connectivity index (χ4v) is 11.1. The minimum absolute atomic E-state index is 0.000773. The molecule has 0 amide bonds. The molecule has 0 spiro atoms. The van der Waals surface area contributed by atoms with Gasteiger partial charge in [0.1, 0.15) is 6.10 Å². The summed E-state index contributed by atoms with van der Waals surface area (Å²) in [6.45, 7) is 17.1. The predicted molar refractivity (Wildman–Crippen MR) is 130 cm³/mol. The van der Waals surface area contributed by atoms with Crippen LogP contribution < -0.4 is 0 Å². The summed E-state index contributed by atoms with van der Waals surface area (Å²) in [5, 5.41) is 10.9. The lowest BCUT2D eigenvalue weighted by molar-refractivity contribution is -0.204. The Bertz CT molecular complexity index is 935. The smallest absolute Gasteiger partial charge is 0.312 e. The number of hydrogen-bond acceptors (Lipinski definition) is 3. The summed E-state index contributed by atoms with van der Waals surface area (Å²) >= 11 is 0. The zero-order valence-electron chi connectivity index (χ0n) is 22.1. The molecule has 0 aromatic carbocycles. The second-order valence-corrected chi connectivity index (χ2v) is 15.1. The molecule has 33 heavy (non-hydrogen) atoms. The first kappa shape index (κ1) is 22.6. The Kier molecular flexibility index (Phi) is 4.31.